The molecule has 4 rings (SSSR count). The number of rotatable bonds is 5. The number of likely N-dealkylation sites (tertiary alicyclic amines) is 1. The SMILES string of the molecule is COc1cccc(-c2cc(C(=O)N3CCCC(C(=O)NN4CCOCC4)C3)no2)c1. The number of aromatic nitrogens is 1. The Morgan fingerprint density at radius 3 is 2.83 bits per heavy atom. The van der Waals surface area contributed by atoms with Crippen LogP contribution in [-0.4, -0.2) is 73.4 Å². The fraction of sp³-hybridized carbons (Fsp3) is 0.476. The second-order valence-corrected chi connectivity index (χ2v) is 7.47. The Balaban J connectivity index is 1.39. The highest BCUT2D eigenvalue weighted by Gasteiger charge is 2.31. The molecule has 9 nitrogen and oxygen atoms in total. The summed E-state index contributed by atoms with van der Waals surface area (Å²) < 4.78 is 15.9. The van der Waals surface area contributed by atoms with Crippen molar-refractivity contribution in [3.8, 4) is 17.1 Å². The zero-order valence-electron chi connectivity index (χ0n) is 17.0. The first-order valence-corrected chi connectivity index (χ1v) is 10.2. The average Bonchev–Trinajstić information content (AvgIpc) is 3.30. The molecule has 9 heteroatoms. The van der Waals surface area contributed by atoms with Gasteiger partial charge in [0.1, 0.15) is 5.75 Å². The van der Waals surface area contributed by atoms with Gasteiger partial charge in [-0.2, -0.15) is 0 Å². The topological polar surface area (TPSA) is 97.1 Å². The van der Waals surface area contributed by atoms with Gasteiger partial charge in [0.2, 0.25) is 5.91 Å². The molecule has 0 saturated carbocycles. The Hall–Kier alpha value is -2.91. The number of benzene rings is 1. The fourth-order valence-electron chi connectivity index (χ4n) is 3.75. The van der Waals surface area contributed by atoms with Gasteiger partial charge in [-0.3, -0.25) is 15.0 Å². The molecule has 2 aromatic rings. The van der Waals surface area contributed by atoms with Crippen molar-refractivity contribution in [3.05, 3.63) is 36.0 Å². The summed E-state index contributed by atoms with van der Waals surface area (Å²) in [5.41, 5.74) is 3.97. The Morgan fingerprint density at radius 1 is 1.20 bits per heavy atom. The lowest BCUT2D eigenvalue weighted by atomic mass is 9.97. The van der Waals surface area contributed by atoms with Crippen molar-refractivity contribution in [2.24, 2.45) is 5.92 Å². The maximum absolute atomic E-state index is 12.9. The molecule has 0 bridgehead atoms. The molecule has 160 valence electrons. The molecule has 2 fully saturated rings. The zero-order chi connectivity index (χ0) is 20.9. The Bertz CT molecular complexity index is 893. The number of hydrogen-bond donors (Lipinski definition) is 1. The van der Waals surface area contributed by atoms with Crippen molar-refractivity contribution >= 4 is 11.8 Å². The van der Waals surface area contributed by atoms with Crippen LogP contribution in [0.3, 0.4) is 0 Å². The van der Waals surface area contributed by atoms with Gasteiger partial charge in [-0.15, -0.1) is 0 Å². The normalized spacial score (nSPS) is 20.0. The van der Waals surface area contributed by atoms with E-state index in [-0.39, 0.29) is 23.4 Å². The summed E-state index contributed by atoms with van der Waals surface area (Å²) in [5.74, 6) is 0.677. The predicted octanol–water partition coefficient (Wildman–Crippen LogP) is 1.57. The fourth-order valence-corrected chi connectivity index (χ4v) is 3.75. The first kappa shape index (κ1) is 20.4. The van der Waals surface area contributed by atoms with Crippen LogP contribution in [0, 0.1) is 5.92 Å². The minimum Gasteiger partial charge on any atom is -0.497 e. The second kappa shape index (κ2) is 9.27. The van der Waals surface area contributed by atoms with Gasteiger partial charge in [0.25, 0.3) is 5.91 Å². The van der Waals surface area contributed by atoms with E-state index in [0.29, 0.717) is 50.9 Å². The molecule has 1 unspecified atom stereocenters. The number of ether oxygens (including phenoxy) is 2. The Labute approximate surface area is 174 Å². The Kier molecular flexibility index (Phi) is 6.29. The number of nitrogens with one attached hydrogen (secondary N) is 1. The molecule has 2 amide bonds. The lowest BCUT2D eigenvalue weighted by molar-refractivity contribution is -0.133. The third-order valence-corrected chi connectivity index (χ3v) is 5.44. The monoisotopic (exact) mass is 414 g/mol. The van der Waals surface area contributed by atoms with Gasteiger partial charge in [-0.1, -0.05) is 17.3 Å². The van der Waals surface area contributed by atoms with E-state index in [2.05, 4.69) is 10.6 Å². The third-order valence-electron chi connectivity index (χ3n) is 5.44. The van der Waals surface area contributed by atoms with Gasteiger partial charge >= 0.3 is 0 Å². The van der Waals surface area contributed by atoms with E-state index in [4.69, 9.17) is 14.0 Å². The number of methoxy groups -OCH3 is 1. The molecular weight excluding hydrogens is 388 g/mol. The number of hydrogen-bond acceptors (Lipinski definition) is 7. The van der Waals surface area contributed by atoms with E-state index in [9.17, 15) is 9.59 Å². The summed E-state index contributed by atoms with van der Waals surface area (Å²) in [6, 6.07) is 9.00. The van der Waals surface area contributed by atoms with Crippen molar-refractivity contribution in [2.45, 2.75) is 12.8 Å². The minimum absolute atomic E-state index is 0.0494. The molecule has 2 aliphatic heterocycles. The highest BCUT2D eigenvalue weighted by Crippen LogP contribution is 2.26. The number of amides is 2. The highest BCUT2D eigenvalue weighted by atomic mass is 16.5. The van der Waals surface area contributed by atoms with Gasteiger partial charge in [-0.05, 0) is 25.0 Å². The molecule has 1 aromatic heterocycles. The van der Waals surface area contributed by atoms with E-state index >= 15 is 0 Å². The second-order valence-electron chi connectivity index (χ2n) is 7.47. The standard InChI is InChI=1S/C21H26N4O5/c1-28-17-6-2-4-15(12-17)19-13-18(23-30-19)21(27)24-7-3-5-16(14-24)20(26)22-25-8-10-29-11-9-25/h2,4,6,12-13,16H,3,5,7-11,14H2,1H3,(H,22,26). The molecule has 1 aromatic carbocycles. The number of carbonyl (C=O) groups is 2. The van der Waals surface area contributed by atoms with E-state index in [1.54, 1.807) is 18.1 Å². The van der Waals surface area contributed by atoms with Crippen molar-refractivity contribution in [2.75, 3.05) is 46.5 Å². The summed E-state index contributed by atoms with van der Waals surface area (Å²) in [4.78, 5) is 27.3. The van der Waals surface area contributed by atoms with E-state index in [1.165, 1.54) is 0 Å². The summed E-state index contributed by atoms with van der Waals surface area (Å²) >= 11 is 0. The molecule has 0 spiro atoms. The van der Waals surface area contributed by atoms with Crippen molar-refractivity contribution in [1.82, 2.24) is 20.5 Å². The van der Waals surface area contributed by atoms with E-state index in [0.717, 1.165) is 18.4 Å². The third kappa shape index (κ3) is 4.63. The molecule has 2 aliphatic rings. The number of piperidine rings is 1. The molecule has 1 N–H and O–H groups in total. The number of nitrogens with zero attached hydrogens (tertiary/aromatic N) is 3. The molecular formula is C21H26N4O5. The number of hydrazine groups is 1. The number of morpholine rings is 1. The minimum atomic E-state index is -0.240. The Morgan fingerprint density at radius 2 is 2.03 bits per heavy atom. The van der Waals surface area contributed by atoms with Crippen LogP contribution in [0.4, 0.5) is 0 Å². The van der Waals surface area contributed by atoms with Crippen LogP contribution in [0.1, 0.15) is 23.3 Å². The summed E-state index contributed by atoms with van der Waals surface area (Å²) in [7, 11) is 1.59. The van der Waals surface area contributed by atoms with Gasteiger partial charge in [0, 0.05) is 37.8 Å². The molecule has 0 radical (unpaired) electrons. The van der Waals surface area contributed by atoms with Gasteiger partial charge < -0.3 is 18.9 Å². The predicted molar refractivity (Wildman–Crippen MR) is 108 cm³/mol. The zero-order valence-corrected chi connectivity index (χ0v) is 17.0. The van der Waals surface area contributed by atoms with Crippen LogP contribution < -0.4 is 10.2 Å². The lowest BCUT2D eigenvalue weighted by Crippen LogP contribution is -2.53. The lowest BCUT2D eigenvalue weighted by Gasteiger charge is -2.34. The maximum atomic E-state index is 12.9. The summed E-state index contributed by atoms with van der Waals surface area (Å²) in [5, 5.41) is 5.84. The van der Waals surface area contributed by atoms with Gasteiger partial charge in [-0.25, -0.2) is 5.01 Å². The van der Waals surface area contributed by atoms with Crippen LogP contribution >= 0.6 is 0 Å². The number of carbonyl (C=O) groups excluding carboxylic acids is 2. The van der Waals surface area contributed by atoms with Crippen molar-refractivity contribution < 1.29 is 23.6 Å². The van der Waals surface area contributed by atoms with Crippen molar-refractivity contribution in [3.63, 3.8) is 0 Å². The van der Waals surface area contributed by atoms with E-state index < -0.39 is 0 Å². The van der Waals surface area contributed by atoms with Crippen LogP contribution in [-0.2, 0) is 9.53 Å². The highest BCUT2D eigenvalue weighted by molar-refractivity contribution is 5.93. The van der Waals surface area contributed by atoms with Gasteiger partial charge in [0.05, 0.1) is 26.2 Å². The summed E-state index contributed by atoms with van der Waals surface area (Å²) in [6.07, 6.45) is 1.53. The van der Waals surface area contributed by atoms with E-state index in [1.807, 2.05) is 29.3 Å². The maximum Gasteiger partial charge on any atom is 0.276 e. The van der Waals surface area contributed by atoms with Crippen LogP contribution in [0.15, 0.2) is 34.9 Å². The molecule has 1 atom stereocenters. The molecule has 2 saturated heterocycles. The van der Waals surface area contributed by atoms with Crippen LogP contribution in [0.5, 0.6) is 5.75 Å². The molecule has 0 aliphatic carbocycles. The molecule has 3 heterocycles. The molecule has 30 heavy (non-hydrogen) atoms. The van der Waals surface area contributed by atoms with Crippen LogP contribution in [0.25, 0.3) is 11.3 Å². The quantitative estimate of drug-likeness (QED) is 0.793. The van der Waals surface area contributed by atoms with Crippen LogP contribution in [0.2, 0.25) is 0 Å². The smallest absolute Gasteiger partial charge is 0.276 e. The summed E-state index contributed by atoms with van der Waals surface area (Å²) in [6.45, 7) is 3.53. The van der Waals surface area contributed by atoms with Gasteiger partial charge in [0.15, 0.2) is 11.5 Å². The average molecular weight is 414 g/mol. The largest absolute Gasteiger partial charge is 0.497 e. The van der Waals surface area contributed by atoms with Crippen molar-refractivity contribution in [1.29, 1.82) is 0 Å². The first-order chi connectivity index (χ1) is 14.6. The first-order valence-electron chi connectivity index (χ1n) is 10.2.